The highest BCUT2D eigenvalue weighted by molar-refractivity contribution is 5.98. The van der Waals surface area contributed by atoms with Crippen LogP contribution in [0.3, 0.4) is 0 Å². The molecule has 16 heavy (non-hydrogen) atoms. The summed E-state index contributed by atoms with van der Waals surface area (Å²) in [4.78, 5) is 11.8. The van der Waals surface area contributed by atoms with Crippen molar-refractivity contribution in [3.8, 4) is 5.75 Å². The number of methoxy groups -OCH3 is 1. The molecule has 0 spiro atoms. The van der Waals surface area contributed by atoms with Crippen LogP contribution < -0.4 is 15.8 Å². The molecule has 0 radical (unpaired) electrons. The second kappa shape index (κ2) is 5.37. The van der Waals surface area contributed by atoms with Crippen LogP contribution >= 0.6 is 0 Å². The number of aliphatic hydroxyl groups is 1. The molecule has 4 N–H and O–H groups in total. The van der Waals surface area contributed by atoms with Crippen LogP contribution in [0.2, 0.25) is 0 Å². The Bertz CT molecular complexity index is 379. The molecule has 1 atom stereocenters. The largest absolute Gasteiger partial charge is 0.494 e. The van der Waals surface area contributed by atoms with E-state index < -0.39 is 0 Å². The van der Waals surface area contributed by atoms with Crippen LogP contribution in [0.25, 0.3) is 0 Å². The van der Waals surface area contributed by atoms with E-state index in [1.165, 1.54) is 7.11 Å². The van der Waals surface area contributed by atoms with Crippen molar-refractivity contribution in [2.75, 3.05) is 19.5 Å². The number of hydrogen-bond donors (Lipinski definition) is 3. The predicted octanol–water partition coefficient (Wildman–Crippen LogP) is 0.388. The van der Waals surface area contributed by atoms with E-state index >= 15 is 0 Å². The maximum absolute atomic E-state index is 11.8. The molecule has 0 aromatic heterocycles. The number of anilines is 1. The summed E-state index contributed by atoms with van der Waals surface area (Å²) in [6.45, 7) is 1.59. The fourth-order valence-electron chi connectivity index (χ4n) is 1.31. The zero-order valence-electron chi connectivity index (χ0n) is 9.36. The quantitative estimate of drug-likeness (QED) is 0.646. The SMILES string of the molecule is COc1c(N)cccc1C(=O)N[C@H](C)CO. The Morgan fingerprint density at radius 3 is 2.88 bits per heavy atom. The van der Waals surface area contributed by atoms with Crippen molar-refractivity contribution in [2.45, 2.75) is 13.0 Å². The first-order valence-electron chi connectivity index (χ1n) is 4.94. The number of nitrogens with one attached hydrogen (secondary N) is 1. The van der Waals surface area contributed by atoms with Gasteiger partial charge in [-0.05, 0) is 19.1 Å². The molecule has 1 aromatic rings. The standard InChI is InChI=1S/C11H16N2O3/c1-7(6-14)13-11(15)8-4-3-5-9(12)10(8)16-2/h3-5,7,14H,6,12H2,1-2H3,(H,13,15)/t7-/m1/s1. The summed E-state index contributed by atoms with van der Waals surface area (Å²) in [7, 11) is 1.46. The van der Waals surface area contributed by atoms with Gasteiger partial charge in [-0.2, -0.15) is 0 Å². The van der Waals surface area contributed by atoms with E-state index in [0.717, 1.165) is 0 Å². The van der Waals surface area contributed by atoms with Gasteiger partial charge in [0.05, 0.1) is 25.0 Å². The van der Waals surface area contributed by atoms with Crippen molar-refractivity contribution < 1.29 is 14.6 Å². The van der Waals surface area contributed by atoms with Gasteiger partial charge in [-0.15, -0.1) is 0 Å². The summed E-state index contributed by atoms with van der Waals surface area (Å²) in [6, 6.07) is 4.65. The van der Waals surface area contributed by atoms with Crippen LogP contribution in [-0.4, -0.2) is 30.8 Å². The number of carbonyl (C=O) groups is 1. The maximum atomic E-state index is 11.8. The Hall–Kier alpha value is -1.75. The van der Waals surface area contributed by atoms with Gasteiger partial charge in [-0.3, -0.25) is 4.79 Å². The molecule has 0 aliphatic rings. The number of hydrogen-bond acceptors (Lipinski definition) is 4. The van der Waals surface area contributed by atoms with Crippen molar-refractivity contribution in [1.29, 1.82) is 0 Å². The lowest BCUT2D eigenvalue weighted by molar-refractivity contribution is 0.0919. The van der Waals surface area contributed by atoms with Gasteiger partial charge in [-0.1, -0.05) is 6.07 Å². The summed E-state index contributed by atoms with van der Waals surface area (Å²) in [5.74, 6) is 0.0378. The number of nitrogen functional groups attached to an aromatic ring is 1. The number of benzene rings is 1. The molecule has 0 aliphatic carbocycles. The molecule has 1 aromatic carbocycles. The van der Waals surface area contributed by atoms with E-state index in [4.69, 9.17) is 15.6 Å². The van der Waals surface area contributed by atoms with Gasteiger partial charge in [0.25, 0.3) is 5.91 Å². The number of ether oxygens (including phenoxy) is 1. The van der Waals surface area contributed by atoms with Crippen molar-refractivity contribution in [2.24, 2.45) is 0 Å². The molecule has 0 aliphatic heterocycles. The summed E-state index contributed by atoms with van der Waals surface area (Å²) in [5.41, 5.74) is 6.45. The third kappa shape index (κ3) is 2.64. The topological polar surface area (TPSA) is 84.6 Å². The Labute approximate surface area is 94.2 Å². The van der Waals surface area contributed by atoms with Gasteiger partial charge in [0.1, 0.15) is 0 Å². The number of aliphatic hydroxyl groups excluding tert-OH is 1. The van der Waals surface area contributed by atoms with Crippen LogP contribution in [0.4, 0.5) is 5.69 Å². The van der Waals surface area contributed by atoms with E-state index in [-0.39, 0.29) is 18.6 Å². The lowest BCUT2D eigenvalue weighted by atomic mass is 10.1. The summed E-state index contributed by atoms with van der Waals surface area (Å²) < 4.78 is 5.06. The highest BCUT2D eigenvalue weighted by Crippen LogP contribution is 2.25. The van der Waals surface area contributed by atoms with E-state index in [9.17, 15) is 4.79 Å². The molecule has 88 valence electrons. The monoisotopic (exact) mass is 224 g/mol. The van der Waals surface area contributed by atoms with Crippen molar-refractivity contribution in [3.63, 3.8) is 0 Å². The second-order valence-electron chi connectivity index (χ2n) is 3.49. The third-order valence-corrected chi connectivity index (χ3v) is 2.15. The van der Waals surface area contributed by atoms with Gasteiger partial charge >= 0.3 is 0 Å². The molecule has 1 amide bonds. The molecule has 0 fully saturated rings. The van der Waals surface area contributed by atoms with Crippen LogP contribution in [0, 0.1) is 0 Å². The second-order valence-corrected chi connectivity index (χ2v) is 3.49. The zero-order chi connectivity index (χ0) is 12.1. The fourth-order valence-corrected chi connectivity index (χ4v) is 1.31. The van der Waals surface area contributed by atoms with Gasteiger partial charge in [0, 0.05) is 6.04 Å². The highest BCUT2D eigenvalue weighted by Gasteiger charge is 2.15. The van der Waals surface area contributed by atoms with Gasteiger partial charge < -0.3 is 20.9 Å². The Morgan fingerprint density at radius 2 is 2.31 bits per heavy atom. The molecule has 0 saturated carbocycles. The third-order valence-electron chi connectivity index (χ3n) is 2.15. The van der Waals surface area contributed by atoms with E-state index in [1.807, 2.05) is 0 Å². The molecular weight excluding hydrogens is 208 g/mol. The first-order valence-corrected chi connectivity index (χ1v) is 4.94. The normalized spacial score (nSPS) is 11.9. The minimum Gasteiger partial charge on any atom is -0.494 e. The minimum absolute atomic E-state index is 0.115. The molecule has 0 unspecified atom stereocenters. The van der Waals surface area contributed by atoms with Gasteiger partial charge in [0.2, 0.25) is 0 Å². The van der Waals surface area contributed by atoms with Crippen LogP contribution in [-0.2, 0) is 0 Å². The van der Waals surface area contributed by atoms with Crippen LogP contribution in [0.15, 0.2) is 18.2 Å². The molecule has 5 nitrogen and oxygen atoms in total. The van der Waals surface area contributed by atoms with Crippen LogP contribution in [0.1, 0.15) is 17.3 Å². The predicted molar refractivity (Wildman–Crippen MR) is 61.4 cm³/mol. The molecule has 0 saturated heterocycles. The zero-order valence-corrected chi connectivity index (χ0v) is 9.36. The fraction of sp³-hybridized carbons (Fsp3) is 0.364. The maximum Gasteiger partial charge on any atom is 0.255 e. The van der Waals surface area contributed by atoms with Crippen molar-refractivity contribution in [1.82, 2.24) is 5.32 Å². The lowest BCUT2D eigenvalue weighted by Gasteiger charge is -2.14. The molecular formula is C11H16N2O3. The lowest BCUT2D eigenvalue weighted by Crippen LogP contribution is -2.35. The van der Waals surface area contributed by atoms with Crippen molar-refractivity contribution in [3.05, 3.63) is 23.8 Å². The van der Waals surface area contributed by atoms with Crippen LogP contribution in [0.5, 0.6) is 5.75 Å². The average Bonchev–Trinajstić information content (AvgIpc) is 2.28. The number of nitrogens with two attached hydrogens (primary N) is 1. The Balaban J connectivity index is 2.95. The average molecular weight is 224 g/mol. The van der Waals surface area contributed by atoms with E-state index in [1.54, 1.807) is 25.1 Å². The number of carbonyl (C=O) groups excluding carboxylic acids is 1. The molecule has 5 heteroatoms. The molecule has 0 bridgehead atoms. The summed E-state index contributed by atoms with van der Waals surface area (Å²) >= 11 is 0. The smallest absolute Gasteiger partial charge is 0.255 e. The summed E-state index contributed by atoms with van der Waals surface area (Å²) in [6.07, 6.45) is 0. The molecule has 0 heterocycles. The Kier molecular flexibility index (Phi) is 4.13. The molecule has 1 rings (SSSR count). The first-order chi connectivity index (χ1) is 7.60. The minimum atomic E-state index is -0.314. The highest BCUT2D eigenvalue weighted by atomic mass is 16.5. The number of amides is 1. The van der Waals surface area contributed by atoms with Gasteiger partial charge in [-0.25, -0.2) is 0 Å². The Morgan fingerprint density at radius 1 is 1.62 bits per heavy atom. The number of rotatable bonds is 4. The van der Waals surface area contributed by atoms with E-state index in [0.29, 0.717) is 17.0 Å². The van der Waals surface area contributed by atoms with E-state index in [2.05, 4.69) is 5.32 Å². The first kappa shape index (κ1) is 12.3. The van der Waals surface area contributed by atoms with Gasteiger partial charge in [0.15, 0.2) is 5.75 Å². The summed E-state index contributed by atoms with van der Waals surface area (Å²) in [5, 5.41) is 11.5. The number of para-hydroxylation sites is 1. The van der Waals surface area contributed by atoms with Crippen molar-refractivity contribution >= 4 is 11.6 Å².